The monoisotopic (exact) mass is 428 g/mol. The Labute approximate surface area is 171 Å². The second-order valence-electron chi connectivity index (χ2n) is 8.48. The maximum Gasteiger partial charge on any atom is 0.125 e. The third-order valence-electron chi connectivity index (χ3n) is 6.28. The second kappa shape index (κ2) is 7.60. The van der Waals surface area contributed by atoms with E-state index in [1.807, 2.05) is 0 Å². The Hall–Kier alpha value is -1.32. The van der Waals surface area contributed by atoms with E-state index in [-0.39, 0.29) is 17.8 Å². The van der Waals surface area contributed by atoms with Crippen molar-refractivity contribution < 1.29 is 9.47 Å². The average Bonchev–Trinajstić information content (AvgIpc) is 2.66. The maximum absolute atomic E-state index is 6.86. The van der Waals surface area contributed by atoms with Crippen LogP contribution in [-0.4, -0.2) is 11.7 Å². The van der Waals surface area contributed by atoms with Crippen molar-refractivity contribution in [1.82, 2.24) is 0 Å². The van der Waals surface area contributed by atoms with Gasteiger partial charge in [-0.2, -0.15) is 0 Å². The highest BCUT2D eigenvalue weighted by atomic mass is 79.9. The van der Waals surface area contributed by atoms with Crippen molar-refractivity contribution >= 4 is 15.9 Å². The van der Waals surface area contributed by atoms with E-state index >= 15 is 0 Å². The lowest BCUT2D eigenvalue weighted by Crippen LogP contribution is -2.50. The number of para-hydroxylation sites is 1. The molecule has 0 spiro atoms. The lowest BCUT2D eigenvalue weighted by atomic mass is 9.70. The van der Waals surface area contributed by atoms with Crippen molar-refractivity contribution in [2.45, 2.75) is 70.2 Å². The molecule has 0 saturated carbocycles. The van der Waals surface area contributed by atoms with Gasteiger partial charge in [0.2, 0.25) is 0 Å². The van der Waals surface area contributed by atoms with Crippen LogP contribution in [0.4, 0.5) is 0 Å². The quantitative estimate of drug-likeness (QED) is 0.519. The number of benzene rings is 2. The normalized spacial score (nSPS) is 28.7. The second-order valence-corrected chi connectivity index (χ2v) is 9.40. The number of rotatable bonds is 4. The van der Waals surface area contributed by atoms with Crippen LogP contribution in [0.3, 0.4) is 0 Å². The molecule has 0 aromatic heterocycles. The summed E-state index contributed by atoms with van der Waals surface area (Å²) in [6.07, 6.45) is 5.00. The van der Waals surface area contributed by atoms with Crippen LogP contribution in [0.25, 0.3) is 0 Å². The molecule has 0 aliphatic carbocycles. The van der Waals surface area contributed by atoms with Crippen molar-refractivity contribution in [3.8, 4) is 5.75 Å². The molecule has 2 nitrogen and oxygen atoms in total. The van der Waals surface area contributed by atoms with Gasteiger partial charge in [-0.05, 0) is 50.5 Å². The Morgan fingerprint density at radius 2 is 1.81 bits per heavy atom. The van der Waals surface area contributed by atoms with E-state index in [0.29, 0.717) is 11.8 Å². The Balaban J connectivity index is 1.70. The smallest absolute Gasteiger partial charge is 0.125 e. The number of fused-ring (bicyclic) bond motifs is 3. The summed E-state index contributed by atoms with van der Waals surface area (Å²) in [5, 5.41) is 0. The number of halogens is 1. The fraction of sp³-hybridized carbons (Fsp3) is 0.500. The molecule has 27 heavy (non-hydrogen) atoms. The zero-order valence-corrected chi connectivity index (χ0v) is 18.0. The van der Waals surface area contributed by atoms with Crippen molar-refractivity contribution in [3.63, 3.8) is 0 Å². The molecule has 4 atom stereocenters. The topological polar surface area (TPSA) is 18.5 Å². The lowest BCUT2D eigenvalue weighted by Gasteiger charge is -2.51. The van der Waals surface area contributed by atoms with E-state index in [1.54, 1.807) is 0 Å². The molecule has 2 aromatic carbocycles. The molecular weight excluding hydrogens is 400 g/mol. The first kappa shape index (κ1) is 19.0. The van der Waals surface area contributed by atoms with Gasteiger partial charge in [0.25, 0.3) is 0 Å². The first-order valence-corrected chi connectivity index (χ1v) is 11.0. The zero-order valence-electron chi connectivity index (χ0n) is 16.5. The summed E-state index contributed by atoms with van der Waals surface area (Å²) in [7, 11) is 0. The summed E-state index contributed by atoms with van der Waals surface area (Å²) in [5.74, 6) is 1.75. The molecule has 0 unspecified atom stereocenters. The largest absolute Gasteiger partial charge is 0.487 e. The zero-order chi connectivity index (χ0) is 19.0. The minimum absolute atomic E-state index is 0.124. The van der Waals surface area contributed by atoms with Gasteiger partial charge in [0.15, 0.2) is 0 Å². The van der Waals surface area contributed by atoms with E-state index in [0.717, 1.165) is 23.1 Å². The van der Waals surface area contributed by atoms with Crippen LogP contribution in [-0.2, 0) is 4.74 Å². The molecule has 1 saturated heterocycles. The van der Waals surface area contributed by atoms with Gasteiger partial charge in [0.05, 0.1) is 12.2 Å². The van der Waals surface area contributed by atoms with Gasteiger partial charge in [0.1, 0.15) is 11.4 Å². The summed E-state index contributed by atoms with van der Waals surface area (Å²) in [4.78, 5) is 0. The van der Waals surface area contributed by atoms with E-state index < -0.39 is 0 Å². The first-order chi connectivity index (χ1) is 13.0. The minimum atomic E-state index is -0.234. The molecule has 0 bridgehead atoms. The molecule has 2 heterocycles. The highest BCUT2D eigenvalue weighted by Crippen LogP contribution is 2.54. The molecule has 2 aromatic rings. The van der Waals surface area contributed by atoms with Crippen molar-refractivity contribution in [2.75, 3.05) is 0 Å². The Morgan fingerprint density at radius 3 is 2.56 bits per heavy atom. The Bertz CT molecular complexity index is 783. The summed E-state index contributed by atoms with van der Waals surface area (Å²) in [5.41, 5.74) is 2.37. The minimum Gasteiger partial charge on any atom is -0.487 e. The SMILES string of the molecule is CCCC[C@H]1O[C@H]2c3ccccc3OC(C)(C)[C@@H]2C[C@@H]1c1ccc(Br)cc1. The Morgan fingerprint density at radius 1 is 1.07 bits per heavy atom. The third-order valence-corrected chi connectivity index (χ3v) is 6.80. The summed E-state index contributed by atoms with van der Waals surface area (Å²) in [6.45, 7) is 6.69. The number of ether oxygens (including phenoxy) is 2. The molecule has 2 aliphatic rings. The van der Waals surface area contributed by atoms with E-state index in [2.05, 4.69) is 85.2 Å². The summed E-state index contributed by atoms with van der Waals surface area (Å²) in [6, 6.07) is 17.2. The average molecular weight is 429 g/mol. The maximum atomic E-state index is 6.86. The van der Waals surface area contributed by atoms with Crippen molar-refractivity contribution in [2.24, 2.45) is 5.92 Å². The fourth-order valence-corrected chi connectivity index (χ4v) is 5.03. The van der Waals surface area contributed by atoms with Crippen molar-refractivity contribution in [1.29, 1.82) is 0 Å². The fourth-order valence-electron chi connectivity index (χ4n) is 4.77. The molecule has 2 aliphatic heterocycles. The molecule has 144 valence electrons. The van der Waals surface area contributed by atoms with Crippen LogP contribution in [0.1, 0.15) is 69.6 Å². The van der Waals surface area contributed by atoms with E-state index in [4.69, 9.17) is 9.47 Å². The van der Waals surface area contributed by atoms with Gasteiger partial charge in [0, 0.05) is 21.9 Å². The van der Waals surface area contributed by atoms with E-state index in [9.17, 15) is 0 Å². The first-order valence-electron chi connectivity index (χ1n) is 10.2. The van der Waals surface area contributed by atoms with Crippen LogP contribution in [0.2, 0.25) is 0 Å². The van der Waals surface area contributed by atoms with Crippen molar-refractivity contribution in [3.05, 3.63) is 64.1 Å². The number of hydrogen-bond donors (Lipinski definition) is 0. The molecule has 0 radical (unpaired) electrons. The van der Waals surface area contributed by atoms with Gasteiger partial charge in [-0.25, -0.2) is 0 Å². The van der Waals surface area contributed by atoms with Crippen LogP contribution in [0.5, 0.6) is 5.75 Å². The molecule has 0 amide bonds. The summed E-state index contributed by atoms with van der Waals surface area (Å²) < 4.78 is 14.4. The predicted octanol–water partition coefficient (Wildman–Crippen LogP) is 7.04. The van der Waals surface area contributed by atoms with Gasteiger partial charge in [-0.15, -0.1) is 0 Å². The molecule has 4 rings (SSSR count). The lowest BCUT2D eigenvalue weighted by molar-refractivity contribution is -0.160. The third kappa shape index (κ3) is 3.69. The van der Waals surface area contributed by atoms with Gasteiger partial charge < -0.3 is 9.47 Å². The highest BCUT2D eigenvalue weighted by Gasteiger charge is 2.50. The van der Waals surface area contributed by atoms with Crippen LogP contribution in [0, 0.1) is 5.92 Å². The molecular formula is C24H29BrO2. The number of unbranched alkanes of at least 4 members (excludes halogenated alkanes) is 1. The standard InChI is InChI=1S/C24H29BrO2/c1-4-5-9-21-19(16-11-13-17(25)14-12-16)15-20-23(26-21)18-8-6-7-10-22(18)27-24(20,2)3/h6-8,10-14,19-21,23H,4-5,9,15H2,1-3H3/t19-,20-,21-,23+/m1/s1. The number of hydrogen-bond acceptors (Lipinski definition) is 2. The molecule has 3 heteroatoms. The van der Waals surface area contributed by atoms with Crippen LogP contribution < -0.4 is 4.74 Å². The predicted molar refractivity (Wildman–Crippen MR) is 113 cm³/mol. The molecule has 1 fully saturated rings. The van der Waals surface area contributed by atoms with Crippen LogP contribution >= 0.6 is 15.9 Å². The van der Waals surface area contributed by atoms with Crippen LogP contribution in [0.15, 0.2) is 53.0 Å². The summed E-state index contributed by atoms with van der Waals surface area (Å²) >= 11 is 3.57. The van der Waals surface area contributed by atoms with Gasteiger partial charge in [-0.1, -0.05) is 66.0 Å². The Kier molecular flexibility index (Phi) is 5.35. The van der Waals surface area contributed by atoms with Gasteiger partial charge >= 0.3 is 0 Å². The highest BCUT2D eigenvalue weighted by molar-refractivity contribution is 9.10. The van der Waals surface area contributed by atoms with Gasteiger partial charge in [-0.3, -0.25) is 0 Å². The van der Waals surface area contributed by atoms with E-state index in [1.165, 1.54) is 24.0 Å². The molecule has 0 N–H and O–H groups in total.